The highest BCUT2D eigenvalue weighted by molar-refractivity contribution is 6.21. The van der Waals surface area contributed by atoms with E-state index in [2.05, 4.69) is 5.32 Å². The molecule has 2 rings (SSSR count). The Kier molecular flexibility index (Phi) is 4.04. The predicted octanol–water partition coefficient (Wildman–Crippen LogP) is 3.60. The van der Waals surface area contributed by atoms with Gasteiger partial charge in [0.25, 0.3) is 5.91 Å². The van der Waals surface area contributed by atoms with Gasteiger partial charge in [-0.15, -0.1) is 11.6 Å². The highest BCUT2D eigenvalue weighted by Crippen LogP contribution is 2.29. The summed E-state index contributed by atoms with van der Waals surface area (Å²) in [5.41, 5.74) is -0.552. The molecule has 1 aliphatic rings. The van der Waals surface area contributed by atoms with Crippen molar-refractivity contribution in [3.05, 3.63) is 35.4 Å². The van der Waals surface area contributed by atoms with E-state index in [0.717, 1.165) is 31.4 Å². The first-order chi connectivity index (χ1) is 8.88. The molecule has 0 bridgehead atoms. The van der Waals surface area contributed by atoms with E-state index >= 15 is 0 Å². The van der Waals surface area contributed by atoms with Gasteiger partial charge in [-0.3, -0.25) is 4.79 Å². The molecule has 1 aromatic rings. The average Bonchev–Trinajstić information content (AvgIpc) is 2.74. The molecular weight excluding hydrogens is 279 g/mol. The lowest BCUT2D eigenvalue weighted by Gasteiger charge is -2.16. The van der Waals surface area contributed by atoms with Crippen molar-refractivity contribution in [2.24, 2.45) is 0 Å². The quantitative estimate of drug-likeness (QED) is 0.829. The normalized spacial score (nSPS) is 23.4. The van der Waals surface area contributed by atoms with Crippen molar-refractivity contribution in [2.45, 2.75) is 36.9 Å². The Morgan fingerprint density at radius 1 is 1.21 bits per heavy atom. The van der Waals surface area contributed by atoms with Crippen LogP contribution in [0.4, 0.5) is 13.2 Å². The van der Waals surface area contributed by atoms with Gasteiger partial charge in [0, 0.05) is 11.6 Å². The van der Waals surface area contributed by atoms with Crippen LogP contribution in [0.3, 0.4) is 0 Å². The van der Waals surface area contributed by atoms with Crippen molar-refractivity contribution < 1.29 is 18.0 Å². The topological polar surface area (TPSA) is 29.1 Å². The van der Waals surface area contributed by atoms with Gasteiger partial charge in [0.15, 0.2) is 0 Å². The van der Waals surface area contributed by atoms with Crippen molar-refractivity contribution in [1.29, 1.82) is 0 Å². The van der Waals surface area contributed by atoms with Gasteiger partial charge in [0.05, 0.1) is 10.9 Å². The van der Waals surface area contributed by atoms with Gasteiger partial charge in [0.2, 0.25) is 0 Å². The molecule has 0 spiro atoms. The third-order valence-corrected chi connectivity index (χ3v) is 3.74. The minimum absolute atomic E-state index is 0.0987. The zero-order chi connectivity index (χ0) is 14.0. The van der Waals surface area contributed by atoms with Crippen LogP contribution in [-0.2, 0) is 6.18 Å². The number of hydrogen-bond acceptors (Lipinski definition) is 1. The van der Waals surface area contributed by atoms with E-state index in [1.54, 1.807) is 0 Å². The molecule has 0 heterocycles. The van der Waals surface area contributed by atoms with E-state index in [1.807, 2.05) is 0 Å². The molecule has 0 radical (unpaired) electrons. The number of amides is 1. The summed E-state index contributed by atoms with van der Waals surface area (Å²) in [5.74, 6) is -0.383. The maximum atomic E-state index is 12.4. The van der Waals surface area contributed by atoms with Crippen molar-refractivity contribution in [3.8, 4) is 0 Å². The van der Waals surface area contributed by atoms with E-state index in [9.17, 15) is 18.0 Å². The highest BCUT2D eigenvalue weighted by Gasteiger charge is 2.31. The first-order valence-electron chi connectivity index (χ1n) is 6.00. The molecule has 1 saturated carbocycles. The predicted molar refractivity (Wildman–Crippen MR) is 66.2 cm³/mol. The van der Waals surface area contributed by atoms with Crippen LogP contribution in [0.25, 0.3) is 0 Å². The molecule has 2 nitrogen and oxygen atoms in total. The molecule has 1 aromatic carbocycles. The first kappa shape index (κ1) is 14.2. The van der Waals surface area contributed by atoms with Crippen LogP contribution in [0.1, 0.15) is 35.2 Å². The first-order valence-corrected chi connectivity index (χ1v) is 6.44. The molecule has 1 N–H and O–H groups in total. The van der Waals surface area contributed by atoms with Crippen molar-refractivity contribution >= 4 is 17.5 Å². The van der Waals surface area contributed by atoms with Crippen LogP contribution in [-0.4, -0.2) is 17.3 Å². The molecule has 1 amide bonds. The molecule has 2 unspecified atom stereocenters. The van der Waals surface area contributed by atoms with Gasteiger partial charge < -0.3 is 5.32 Å². The van der Waals surface area contributed by atoms with Crippen molar-refractivity contribution in [2.75, 3.05) is 0 Å². The molecule has 19 heavy (non-hydrogen) atoms. The minimum Gasteiger partial charge on any atom is -0.348 e. The second-order valence-corrected chi connectivity index (χ2v) is 5.16. The minimum atomic E-state index is -4.39. The summed E-state index contributed by atoms with van der Waals surface area (Å²) in [6.45, 7) is 0. The largest absolute Gasteiger partial charge is 0.416 e. The fraction of sp³-hybridized carbons (Fsp3) is 0.462. The number of carbonyl (C=O) groups excluding carboxylic acids is 1. The number of benzene rings is 1. The highest BCUT2D eigenvalue weighted by atomic mass is 35.5. The third-order valence-electron chi connectivity index (χ3n) is 3.22. The summed E-state index contributed by atoms with van der Waals surface area (Å²) in [4.78, 5) is 11.9. The Bertz CT molecular complexity index is 458. The summed E-state index contributed by atoms with van der Waals surface area (Å²) in [5, 5.41) is 2.65. The van der Waals surface area contributed by atoms with Crippen molar-refractivity contribution in [1.82, 2.24) is 5.32 Å². The smallest absolute Gasteiger partial charge is 0.348 e. The molecule has 1 fully saturated rings. The summed E-state index contributed by atoms with van der Waals surface area (Å²) in [6, 6.07) is 4.06. The number of carbonyl (C=O) groups is 1. The molecule has 0 aliphatic heterocycles. The lowest BCUT2D eigenvalue weighted by atomic mass is 10.1. The summed E-state index contributed by atoms with van der Waals surface area (Å²) >= 11 is 6.03. The van der Waals surface area contributed by atoms with Crippen LogP contribution in [0, 0.1) is 0 Å². The molecule has 2 atom stereocenters. The van der Waals surface area contributed by atoms with Gasteiger partial charge >= 0.3 is 6.18 Å². The zero-order valence-corrected chi connectivity index (χ0v) is 10.8. The Labute approximate surface area is 113 Å². The number of halogens is 4. The van der Waals surface area contributed by atoms with Crippen LogP contribution in [0.15, 0.2) is 24.3 Å². The molecular formula is C13H13ClF3NO. The van der Waals surface area contributed by atoms with Gasteiger partial charge in [-0.05, 0) is 43.5 Å². The third kappa shape index (κ3) is 3.41. The molecule has 6 heteroatoms. The molecule has 1 aliphatic carbocycles. The van der Waals surface area contributed by atoms with E-state index < -0.39 is 11.7 Å². The summed E-state index contributed by atoms with van der Waals surface area (Å²) in [7, 11) is 0. The Morgan fingerprint density at radius 3 is 2.32 bits per heavy atom. The molecule has 0 saturated heterocycles. The Morgan fingerprint density at radius 2 is 1.84 bits per heavy atom. The Balaban J connectivity index is 2.03. The second-order valence-electron chi connectivity index (χ2n) is 4.60. The number of nitrogens with one attached hydrogen (secondary N) is 1. The standard InChI is InChI=1S/C13H13ClF3NO/c14-10-2-1-3-11(10)18-12(19)8-4-6-9(7-5-8)13(15,16)17/h4-7,10-11H,1-3H2,(H,18,19). The fourth-order valence-electron chi connectivity index (χ4n) is 2.14. The molecule has 0 aromatic heterocycles. The van der Waals surface area contributed by atoms with E-state index in [1.165, 1.54) is 12.1 Å². The monoisotopic (exact) mass is 291 g/mol. The maximum Gasteiger partial charge on any atom is 0.416 e. The summed E-state index contributed by atoms with van der Waals surface area (Å²) < 4.78 is 37.1. The number of hydrogen-bond donors (Lipinski definition) is 1. The maximum absolute atomic E-state index is 12.4. The average molecular weight is 292 g/mol. The van der Waals surface area contributed by atoms with Gasteiger partial charge in [0.1, 0.15) is 0 Å². The zero-order valence-electron chi connectivity index (χ0n) is 10.0. The van der Waals surface area contributed by atoms with Crippen LogP contribution in [0.2, 0.25) is 0 Å². The van der Waals surface area contributed by atoms with E-state index in [0.29, 0.717) is 0 Å². The number of rotatable bonds is 2. The van der Waals surface area contributed by atoms with Gasteiger partial charge in [-0.2, -0.15) is 13.2 Å². The SMILES string of the molecule is O=C(NC1CCCC1Cl)c1ccc(C(F)(F)F)cc1. The molecule has 104 valence electrons. The van der Waals surface area contributed by atoms with Crippen LogP contribution >= 0.6 is 11.6 Å². The lowest BCUT2D eigenvalue weighted by Crippen LogP contribution is -2.37. The fourth-order valence-corrected chi connectivity index (χ4v) is 2.48. The van der Waals surface area contributed by atoms with Crippen LogP contribution in [0.5, 0.6) is 0 Å². The van der Waals surface area contributed by atoms with Gasteiger partial charge in [-0.1, -0.05) is 0 Å². The van der Waals surface area contributed by atoms with E-state index in [4.69, 9.17) is 11.6 Å². The second kappa shape index (κ2) is 5.41. The number of alkyl halides is 4. The van der Waals surface area contributed by atoms with E-state index in [-0.39, 0.29) is 22.9 Å². The Hall–Kier alpha value is -1.23. The van der Waals surface area contributed by atoms with Crippen LogP contribution < -0.4 is 5.32 Å². The summed E-state index contributed by atoms with van der Waals surface area (Å²) in [6.07, 6.45) is -1.78. The van der Waals surface area contributed by atoms with Gasteiger partial charge in [-0.25, -0.2) is 0 Å². The van der Waals surface area contributed by atoms with Crippen molar-refractivity contribution in [3.63, 3.8) is 0 Å². The lowest BCUT2D eigenvalue weighted by molar-refractivity contribution is -0.137.